The molecule has 2 rings (SSSR count). The molecule has 0 aliphatic heterocycles. The summed E-state index contributed by atoms with van der Waals surface area (Å²) >= 11 is 0. The maximum atomic E-state index is 12.0. The van der Waals surface area contributed by atoms with Gasteiger partial charge in [-0.3, -0.25) is 4.79 Å². The van der Waals surface area contributed by atoms with Crippen molar-refractivity contribution in [1.82, 2.24) is 10.2 Å². The lowest BCUT2D eigenvalue weighted by molar-refractivity contribution is 0.103. The second-order valence-electron chi connectivity index (χ2n) is 3.79. The Kier molecular flexibility index (Phi) is 3.22. The number of Topliss-reactive ketones (excluding diaryl/α,β-unsaturated/α-hetero) is 1. The van der Waals surface area contributed by atoms with E-state index in [1.807, 2.05) is 0 Å². The summed E-state index contributed by atoms with van der Waals surface area (Å²) in [5, 5.41) is 7.40. The van der Waals surface area contributed by atoms with E-state index in [-0.39, 0.29) is 5.78 Å². The molecular weight excluding hydrogens is 188 g/mol. The van der Waals surface area contributed by atoms with Crippen molar-refractivity contribution in [3.05, 3.63) is 35.7 Å². The number of carbonyl (C=O) groups excluding carboxylic acids is 1. The molecule has 0 aromatic carbocycles. The fourth-order valence-corrected chi connectivity index (χ4v) is 1.83. The van der Waals surface area contributed by atoms with E-state index in [9.17, 15) is 4.79 Å². The summed E-state index contributed by atoms with van der Waals surface area (Å²) in [7, 11) is 0. The quantitative estimate of drug-likeness (QED) is 0.692. The van der Waals surface area contributed by atoms with E-state index in [1.165, 1.54) is 19.0 Å². The molecule has 1 aliphatic rings. The molecule has 0 N–H and O–H groups in total. The molecule has 0 radical (unpaired) electrons. The Bertz CT molecular complexity index is 370. The van der Waals surface area contributed by atoms with Gasteiger partial charge in [0, 0.05) is 5.56 Å². The first-order valence-electron chi connectivity index (χ1n) is 5.38. The normalized spacial score (nSPS) is 16.7. The topological polar surface area (TPSA) is 42.9 Å². The summed E-state index contributed by atoms with van der Waals surface area (Å²) in [6, 6.07) is 1.72. The number of rotatable bonds is 2. The van der Waals surface area contributed by atoms with Crippen LogP contribution in [0.4, 0.5) is 0 Å². The summed E-state index contributed by atoms with van der Waals surface area (Å²) in [5.74, 6) is 0.117. The van der Waals surface area contributed by atoms with Crippen LogP contribution in [0.5, 0.6) is 0 Å². The summed E-state index contributed by atoms with van der Waals surface area (Å²) < 4.78 is 0. The Morgan fingerprint density at radius 1 is 1.20 bits per heavy atom. The molecule has 0 bridgehead atoms. The molecule has 1 aliphatic carbocycles. The number of allylic oxidation sites excluding steroid dienone is 2. The number of aromatic nitrogens is 2. The zero-order chi connectivity index (χ0) is 10.5. The molecule has 0 fully saturated rings. The molecule has 3 nitrogen and oxygen atoms in total. The van der Waals surface area contributed by atoms with Gasteiger partial charge in [0.1, 0.15) is 0 Å². The van der Waals surface area contributed by atoms with Crippen LogP contribution in [-0.2, 0) is 0 Å². The lowest BCUT2D eigenvalue weighted by Crippen LogP contribution is -2.04. The highest BCUT2D eigenvalue weighted by Crippen LogP contribution is 2.20. The minimum atomic E-state index is 0.117. The van der Waals surface area contributed by atoms with Gasteiger partial charge >= 0.3 is 0 Å². The first kappa shape index (κ1) is 10.0. The highest BCUT2D eigenvalue weighted by molar-refractivity contribution is 6.08. The highest BCUT2D eigenvalue weighted by Gasteiger charge is 2.13. The number of hydrogen-bond donors (Lipinski definition) is 0. The zero-order valence-corrected chi connectivity index (χ0v) is 8.65. The second-order valence-corrected chi connectivity index (χ2v) is 3.79. The maximum Gasteiger partial charge on any atom is 0.190 e. The third-order valence-corrected chi connectivity index (χ3v) is 2.68. The van der Waals surface area contributed by atoms with Gasteiger partial charge in [-0.25, -0.2) is 0 Å². The Balaban J connectivity index is 2.17. The van der Waals surface area contributed by atoms with Gasteiger partial charge < -0.3 is 0 Å². The largest absolute Gasteiger partial charge is 0.289 e. The van der Waals surface area contributed by atoms with E-state index in [4.69, 9.17) is 0 Å². The van der Waals surface area contributed by atoms with Crippen molar-refractivity contribution in [2.24, 2.45) is 0 Å². The molecular formula is C12H14N2O. The zero-order valence-electron chi connectivity index (χ0n) is 8.65. The minimum absolute atomic E-state index is 0.117. The molecule has 0 saturated carbocycles. The first-order valence-corrected chi connectivity index (χ1v) is 5.38. The van der Waals surface area contributed by atoms with Crippen molar-refractivity contribution in [2.45, 2.75) is 32.1 Å². The van der Waals surface area contributed by atoms with Crippen molar-refractivity contribution >= 4 is 5.78 Å². The molecule has 1 aromatic heterocycles. The number of ketones is 1. The molecule has 15 heavy (non-hydrogen) atoms. The molecule has 78 valence electrons. The van der Waals surface area contributed by atoms with Gasteiger partial charge in [0.15, 0.2) is 5.78 Å². The van der Waals surface area contributed by atoms with E-state index in [1.54, 1.807) is 12.3 Å². The Hall–Kier alpha value is -1.51. The van der Waals surface area contributed by atoms with Crippen LogP contribution >= 0.6 is 0 Å². The van der Waals surface area contributed by atoms with E-state index in [0.29, 0.717) is 5.56 Å². The predicted molar refractivity (Wildman–Crippen MR) is 57.5 cm³/mol. The maximum absolute atomic E-state index is 12.0. The lowest BCUT2D eigenvalue weighted by Gasteiger charge is -2.03. The first-order chi connectivity index (χ1) is 7.38. The number of carbonyl (C=O) groups is 1. The summed E-state index contributed by atoms with van der Waals surface area (Å²) in [6.45, 7) is 0. The van der Waals surface area contributed by atoms with Gasteiger partial charge in [-0.1, -0.05) is 12.5 Å². The van der Waals surface area contributed by atoms with Crippen LogP contribution in [0.25, 0.3) is 0 Å². The summed E-state index contributed by atoms with van der Waals surface area (Å²) in [4.78, 5) is 12.0. The van der Waals surface area contributed by atoms with E-state index >= 15 is 0 Å². The molecule has 0 spiro atoms. The van der Waals surface area contributed by atoms with Gasteiger partial charge in [0.05, 0.1) is 12.4 Å². The van der Waals surface area contributed by atoms with Crippen molar-refractivity contribution in [1.29, 1.82) is 0 Å². The van der Waals surface area contributed by atoms with Crippen LogP contribution in [0.3, 0.4) is 0 Å². The summed E-state index contributed by atoms with van der Waals surface area (Å²) in [5.41, 5.74) is 1.60. The molecule has 0 unspecified atom stereocenters. The van der Waals surface area contributed by atoms with Gasteiger partial charge in [0.25, 0.3) is 0 Å². The molecule has 3 heteroatoms. The van der Waals surface area contributed by atoms with Crippen molar-refractivity contribution in [2.75, 3.05) is 0 Å². The van der Waals surface area contributed by atoms with Gasteiger partial charge in [-0.05, 0) is 37.3 Å². The SMILES string of the molecule is O=C(C1=CCCCCC1)c1ccnnc1. The average molecular weight is 202 g/mol. The molecule has 0 amide bonds. The van der Waals surface area contributed by atoms with E-state index in [0.717, 1.165) is 24.8 Å². The lowest BCUT2D eigenvalue weighted by atomic mass is 10.0. The van der Waals surface area contributed by atoms with Gasteiger partial charge in [-0.2, -0.15) is 10.2 Å². The van der Waals surface area contributed by atoms with Crippen LogP contribution in [0.1, 0.15) is 42.5 Å². The summed E-state index contributed by atoms with van der Waals surface area (Å²) in [6.07, 6.45) is 10.7. The average Bonchev–Trinajstić information content (AvgIpc) is 2.58. The minimum Gasteiger partial charge on any atom is -0.289 e. The van der Waals surface area contributed by atoms with Crippen LogP contribution < -0.4 is 0 Å². The Morgan fingerprint density at radius 3 is 2.93 bits per heavy atom. The molecule has 1 heterocycles. The second kappa shape index (κ2) is 4.82. The fourth-order valence-electron chi connectivity index (χ4n) is 1.83. The number of hydrogen-bond acceptors (Lipinski definition) is 3. The van der Waals surface area contributed by atoms with Crippen LogP contribution in [0.2, 0.25) is 0 Å². The smallest absolute Gasteiger partial charge is 0.190 e. The highest BCUT2D eigenvalue weighted by atomic mass is 16.1. The third-order valence-electron chi connectivity index (χ3n) is 2.68. The fraction of sp³-hybridized carbons (Fsp3) is 0.417. The van der Waals surface area contributed by atoms with Gasteiger partial charge in [-0.15, -0.1) is 0 Å². The van der Waals surface area contributed by atoms with Gasteiger partial charge in [0.2, 0.25) is 0 Å². The van der Waals surface area contributed by atoms with Crippen LogP contribution in [0.15, 0.2) is 30.1 Å². The standard InChI is InChI=1S/C12H14N2O/c15-12(11-7-8-13-14-9-11)10-5-3-1-2-4-6-10/h5,7-9H,1-4,6H2. The predicted octanol–water partition coefficient (Wildman–Crippen LogP) is 2.55. The van der Waals surface area contributed by atoms with Crippen LogP contribution in [-0.4, -0.2) is 16.0 Å². The number of nitrogens with zero attached hydrogens (tertiary/aromatic N) is 2. The molecule has 0 saturated heterocycles. The van der Waals surface area contributed by atoms with Crippen LogP contribution in [0, 0.1) is 0 Å². The monoisotopic (exact) mass is 202 g/mol. The van der Waals surface area contributed by atoms with Crippen molar-refractivity contribution in [3.63, 3.8) is 0 Å². The Labute approximate surface area is 89.2 Å². The molecule has 1 aromatic rings. The van der Waals surface area contributed by atoms with Crippen molar-refractivity contribution in [3.8, 4) is 0 Å². The van der Waals surface area contributed by atoms with E-state index < -0.39 is 0 Å². The van der Waals surface area contributed by atoms with Crippen molar-refractivity contribution < 1.29 is 4.79 Å². The molecule has 0 atom stereocenters. The third kappa shape index (κ3) is 2.49. The van der Waals surface area contributed by atoms with E-state index in [2.05, 4.69) is 16.3 Å². The Morgan fingerprint density at radius 2 is 2.13 bits per heavy atom.